The lowest BCUT2D eigenvalue weighted by atomic mass is 10.0. The maximum absolute atomic E-state index is 9.66. The largest absolute Gasteiger partial charge is 0.508 e. The minimum absolute atomic E-state index is 0.354. The van der Waals surface area contributed by atoms with Gasteiger partial charge in [-0.1, -0.05) is 102 Å². The number of rotatable bonds is 15. The summed E-state index contributed by atoms with van der Waals surface area (Å²) in [6.07, 6.45) is 23.2. The van der Waals surface area contributed by atoms with Crippen molar-refractivity contribution in [2.24, 2.45) is 0 Å². The summed E-state index contributed by atoms with van der Waals surface area (Å²) in [6, 6.07) is 8.48. The molecule has 1 aromatic rings. The molecule has 0 saturated carbocycles. The number of allylic oxidation sites excluding steroid dienone is 2. The zero-order valence-electron chi connectivity index (χ0n) is 15.7. The van der Waals surface area contributed by atoms with Crippen molar-refractivity contribution in [2.45, 2.75) is 96.8 Å². The van der Waals surface area contributed by atoms with Crippen molar-refractivity contribution in [3.63, 3.8) is 0 Å². The zero-order valence-corrected chi connectivity index (χ0v) is 15.7. The van der Waals surface area contributed by atoms with Gasteiger partial charge in [-0.2, -0.15) is 0 Å². The SMILES string of the molecule is CCCCCCCCCCCCCCC=CCc1[c]cccc1O. The number of unbranched alkanes of at least 4 members (excludes halogenated alkanes) is 12. The summed E-state index contributed by atoms with van der Waals surface area (Å²) in [4.78, 5) is 0. The van der Waals surface area contributed by atoms with Crippen molar-refractivity contribution in [2.75, 3.05) is 0 Å². The summed E-state index contributed by atoms with van der Waals surface area (Å²) in [7, 11) is 0. The summed E-state index contributed by atoms with van der Waals surface area (Å²) in [5.74, 6) is 0.354. The normalized spacial score (nSPS) is 11.4. The molecule has 0 aliphatic heterocycles. The molecule has 0 bridgehead atoms. The molecular formula is C23H37O. The van der Waals surface area contributed by atoms with Crippen LogP contribution in [0.25, 0.3) is 0 Å². The van der Waals surface area contributed by atoms with Gasteiger partial charge in [0.25, 0.3) is 0 Å². The van der Waals surface area contributed by atoms with Crippen LogP contribution in [0.5, 0.6) is 5.75 Å². The molecule has 135 valence electrons. The average Bonchev–Trinajstić information content (AvgIpc) is 2.60. The molecule has 1 nitrogen and oxygen atoms in total. The van der Waals surface area contributed by atoms with E-state index in [0.29, 0.717) is 5.75 Å². The fourth-order valence-corrected chi connectivity index (χ4v) is 3.05. The predicted molar refractivity (Wildman–Crippen MR) is 105 cm³/mol. The molecule has 1 heteroatoms. The fourth-order valence-electron chi connectivity index (χ4n) is 3.05. The number of phenols is 1. The number of benzene rings is 1. The van der Waals surface area contributed by atoms with Crippen molar-refractivity contribution in [3.8, 4) is 5.75 Å². The molecule has 0 aliphatic rings. The number of hydrogen-bond donors (Lipinski definition) is 1. The highest BCUT2D eigenvalue weighted by molar-refractivity contribution is 5.32. The van der Waals surface area contributed by atoms with Crippen LogP contribution in [0.3, 0.4) is 0 Å². The van der Waals surface area contributed by atoms with Gasteiger partial charge < -0.3 is 5.11 Å². The first kappa shape index (κ1) is 20.8. The third kappa shape index (κ3) is 11.3. The van der Waals surface area contributed by atoms with E-state index in [9.17, 15) is 5.11 Å². The third-order valence-electron chi connectivity index (χ3n) is 4.63. The standard InChI is InChI=1S/C23H37O/c1-2-3-4-5-6-7-8-9-10-11-12-13-14-15-16-19-22-20-17-18-21-23(22)24/h15-18,21,24H,2-14,19H2,1H3. The van der Waals surface area contributed by atoms with Crippen LogP contribution in [0, 0.1) is 6.07 Å². The number of aromatic hydroxyl groups is 1. The van der Waals surface area contributed by atoms with Crippen molar-refractivity contribution in [1.82, 2.24) is 0 Å². The smallest absolute Gasteiger partial charge is 0.119 e. The van der Waals surface area contributed by atoms with E-state index in [1.54, 1.807) is 6.07 Å². The first-order valence-corrected chi connectivity index (χ1v) is 10.2. The average molecular weight is 330 g/mol. The summed E-state index contributed by atoms with van der Waals surface area (Å²) >= 11 is 0. The van der Waals surface area contributed by atoms with E-state index in [-0.39, 0.29) is 0 Å². The Hall–Kier alpha value is -1.24. The highest BCUT2D eigenvalue weighted by Gasteiger charge is 1.96. The van der Waals surface area contributed by atoms with Crippen LogP contribution in [-0.2, 0) is 6.42 Å². The minimum atomic E-state index is 0.354. The van der Waals surface area contributed by atoms with Crippen LogP contribution in [0.1, 0.15) is 96.0 Å². The van der Waals surface area contributed by atoms with Gasteiger partial charge in [0.05, 0.1) is 0 Å². The Morgan fingerprint density at radius 2 is 1.42 bits per heavy atom. The van der Waals surface area contributed by atoms with E-state index in [1.807, 2.05) is 12.1 Å². The van der Waals surface area contributed by atoms with E-state index < -0.39 is 0 Å². The van der Waals surface area contributed by atoms with E-state index in [2.05, 4.69) is 25.1 Å². The lowest BCUT2D eigenvalue weighted by Gasteiger charge is -2.02. The molecule has 0 heterocycles. The highest BCUT2D eigenvalue weighted by atomic mass is 16.3. The maximum atomic E-state index is 9.66. The molecule has 1 radical (unpaired) electrons. The molecule has 0 aliphatic carbocycles. The lowest BCUT2D eigenvalue weighted by molar-refractivity contribution is 0.469. The zero-order chi connectivity index (χ0) is 17.3. The van der Waals surface area contributed by atoms with Gasteiger partial charge in [-0.15, -0.1) is 0 Å². The molecule has 0 atom stereocenters. The Morgan fingerprint density at radius 1 is 0.833 bits per heavy atom. The predicted octanol–water partition coefficient (Wildman–Crippen LogP) is 7.38. The monoisotopic (exact) mass is 329 g/mol. The van der Waals surface area contributed by atoms with Crippen molar-refractivity contribution in [1.29, 1.82) is 0 Å². The Balaban J connectivity index is 1.84. The van der Waals surface area contributed by atoms with Gasteiger partial charge in [-0.3, -0.25) is 0 Å². The Bertz CT molecular complexity index is 422. The first-order chi connectivity index (χ1) is 11.8. The molecule has 24 heavy (non-hydrogen) atoms. The molecule has 1 rings (SSSR count). The molecule has 0 unspecified atom stereocenters. The van der Waals surface area contributed by atoms with Crippen LogP contribution in [0.4, 0.5) is 0 Å². The van der Waals surface area contributed by atoms with Gasteiger partial charge in [-0.05, 0) is 31.4 Å². The Morgan fingerprint density at radius 3 is 2.00 bits per heavy atom. The van der Waals surface area contributed by atoms with E-state index in [0.717, 1.165) is 18.4 Å². The lowest BCUT2D eigenvalue weighted by Crippen LogP contribution is -1.83. The number of hydrogen-bond acceptors (Lipinski definition) is 1. The second kappa shape index (κ2) is 15.3. The van der Waals surface area contributed by atoms with Crippen LogP contribution in [0.15, 0.2) is 30.4 Å². The summed E-state index contributed by atoms with van der Waals surface area (Å²) in [6.45, 7) is 2.28. The first-order valence-electron chi connectivity index (χ1n) is 10.2. The molecule has 1 aromatic carbocycles. The van der Waals surface area contributed by atoms with E-state index in [1.165, 1.54) is 77.0 Å². The van der Waals surface area contributed by atoms with Gasteiger partial charge in [-0.25, -0.2) is 0 Å². The van der Waals surface area contributed by atoms with E-state index >= 15 is 0 Å². The minimum Gasteiger partial charge on any atom is -0.508 e. The van der Waals surface area contributed by atoms with Gasteiger partial charge in [0.2, 0.25) is 0 Å². The topological polar surface area (TPSA) is 20.2 Å². The van der Waals surface area contributed by atoms with Crippen molar-refractivity contribution in [3.05, 3.63) is 42.0 Å². The van der Waals surface area contributed by atoms with Crippen LogP contribution in [-0.4, -0.2) is 5.11 Å². The van der Waals surface area contributed by atoms with Gasteiger partial charge in [0.1, 0.15) is 5.75 Å². The fraction of sp³-hybridized carbons (Fsp3) is 0.652. The maximum Gasteiger partial charge on any atom is 0.119 e. The highest BCUT2D eigenvalue weighted by Crippen LogP contribution is 2.16. The molecular weight excluding hydrogens is 292 g/mol. The molecule has 0 fully saturated rings. The Labute approximate surface area is 150 Å². The van der Waals surface area contributed by atoms with Crippen molar-refractivity contribution < 1.29 is 5.11 Å². The third-order valence-corrected chi connectivity index (χ3v) is 4.63. The Kier molecular flexibility index (Phi) is 13.3. The quantitative estimate of drug-likeness (QED) is 0.263. The van der Waals surface area contributed by atoms with Crippen molar-refractivity contribution >= 4 is 0 Å². The molecule has 0 spiro atoms. The van der Waals surface area contributed by atoms with Crippen LogP contribution >= 0.6 is 0 Å². The van der Waals surface area contributed by atoms with Crippen LogP contribution < -0.4 is 0 Å². The molecule has 0 aromatic heterocycles. The van der Waals surface area contributed by atoms with Crippen LogP contribution in [0.2, 0.25) is 0 Å². The van der Waals surface area contributed by atoms with Gasteiger partial charge in [0.15, 0.2) is 0 Å². The second-order valence-electron chi connectivity index (χ2n) is 6.89. The summed E-state index contributed by atoms with van der Waals surface area (Å²) < 4.78 is 0. The molecule has 0 amide bonds. The summed E-state index contributed by atoms with van der Waals surface area (Å²) in [5, 5.41) is 9.66. The second-order valence-corrected chi connectivity index (χ2v) is 6.89. The number of phenolic OH excluding ortho intramolecular Hbond substituents is 1. The van der Waals surface area contributed by atoms with Gasteiger partial charge in [0, 0.05) is 5.56 Å². The molecule has 0 saturated heterocycles. The van der Waals surface area contributed by atoms with Gasteiger partial charge >= 0.3 is 0 Å². The molecule has 1 N–H and O–H groups in total. The van der Waals surface area contributed by atoms with E-state index in [4.69, 9.17) is 0 Å². The summed E-state index contributed by atoms with van der Waals surface area (Å²) in [5.41, 5.74) is 0.892.